The second-order valence-corrected chi connectivity index (χ2v) is 4.17. The van der Waals surface area contributed by atoms with Crippen LogP contribution in [-0.2, 0) is 0 Å². The number of allylic oxidation sites excluding steroid dienone is 5. The van der Waals surface area contributed by atoms with E-state index < -0.39 is 0 Å². The third-order valence-electron chi connectivity index (χ3n) is 3.47. The minimum atomic E-state index is 0. The number of nitrogens with one attached hydrogen (secondary N) is 1. The molecule has 2 aliphatic carbocycles. The summed E-state index contributed by atoms with van der Waals surface area (Å²) in [4.78, 5) is 0. The second kappa shape index (κ2) is 3.92. The Balaban J connectivity index is 0.000000750. The molecule has 14 heavy (non-hydrogen) atoms. The van der Waals surface area contributed by atoms with Crippen molar-refractivity contribution in [1.29, 1.82) is 0 Å². The quantitative estimate of drug-likeness (QED) is 0.647. The van der Waals surface area contributed by atoms with E-state index in [1.54, 1.807) is 11.1 Å². The molecule has 0 bridgehead atoms. The van der Waals surface area contributed by atoms with Crippen LogP contribution in [0.4, 0.5) is 0 Å². The molecular weight excluding hydrogens is 194 g/mol. The summed E-state index contributed by atoms with van der Waals surface area (Å²) in [6.45, 7) is 1.19. The maximum Gasteiger partial charge on any atom is 0.0286 e. The van der Waals surface area contributed by atoms with E-state index in [-0.39, 0.29) is 12.4 Å². The first-order valence-electron chi connectivity index (χ1n) is 5.26. The fourth-order valence-electron chi connectivity index (χ4n) is 2.83. The van der Waals surface area contributed by atoms with Gasteiger partial charge < -0.3 is 5.32 Å². The van der Waals surface area contributed by atoms with E-state index >= 15 is 0 Å². The first-order chi connectivity index (χ1) is 6.45. The molecule has 0 spiro atoms. The van der Waals surface area contributed by atoms with Crippen LogP contribution in [0.1, 0.15) is 19.3 Å². The van der Waals surface area contributed by atoms with Crippen LogP contribution in [0.25, 0.3) is 0 Å². The Morgan fingerprint density at radius 3 is 3.07 bits per heavy atom. The SMILES string of the molecule is C1=CC2=C3CCNC3CCC2C=C1.Cl. The van der Waals surface area contributed by atoms with E-state index in [2.05, 4.69) is 29.6 Å². The van der Waals surface area contributed by atoms with E-state index in [1.807, 2.05) is 0 Å². The predicted octanol–water partition coefficient (Wildman–Crippen LogP) is 2.60. The van der Waals surface area contributed by atoms with Gasteiger partial charge in [0.15, 0.2) is 0 Å². The molecule has 1 aliphatic heterocycles. The summed E-state index contributed by atoms with van der Waals surface area (Å²) in [7, 11) is 0. The van der Waals surface area contributed by atoms with Gasteiger partial charge in [0.2, 0.25) is 0 Å². The van der Waals surface area contributed by atoms with Gasteiger partial charge in [-0.2, -0.15) is 0 Å². The Bertz CT molecular complexity index is 314. The summed E-state index contributed by atoms with van der Waals surface area (Å²) >= 11 is 0. The van der Waals surface area contributed by atoms with Crippen LogP contribution in [0.3, 0.4) is 0 Å². The molecule has 1 heterocycles. The van der Waals surface area contributed by atoms with Gasteiger partial charge in [-0.1, -0.05) is 24.3 Å². The van der Waals surface area contributed by atoms with Crippen molar-refractivity contribution in [1.82, 2.24) is 5.32 Å². The highest BCUT2D eigenvalue weighted by molar-refractivity contribution is 5.85. The summed E-state index contributed by atoms with van der Waals surface area (Å²) in [6.07, 6.45) is 13.0. The Labute approximate surface area is 91.4 Å². The summed E-state index contributed by atoms with van der Waals surface area (Å²) in [6, 6.07) is 0.711. The molecule has 0 saturated carbocycles. The smallest absolute Gasteiger partial charge is 0.0286 e. The van der Waals surface area contributed by atoms with Crippen molar-refractivity contribution < 1.29 is 0 Å². The molecule has 1 saturated heterocycles. The lowest BCUT2D eigenvalue weighted by molar-refractivity contribution is 0.508. The van der Waals surface area contributed by atoms with E-state index in [1.165, 1.54) is 25.8 Å². The van der Waals surface area contributed by atoms with Crippen LogP contribution in [0.2, 0.25) is 0 Å². The van der Waals surface area contributed by atoms with Gasteiger partial charge in [-0.3, -0.25) is 0 Å². The Morgan fingerprint density at radius 1 is 1.21 bits per heavy atom. The van der Waals surface area contributed by atoms with Gasteiger partial charge in [0.1, 0.15) is 0 Å². The van der Waals surface area contributed by atoms with Crippen molar-refractivity contribution in [2.75, 3.05) is 6.54 Å². The molecule has 0 aromatic carbocycles. The first-order valence-corrected chi connectivity index (χ1v) is 5.26. The maximum absolute atomic E-state index is 3.58. The minimum Gasteiger partial charge on any atom is -0.310 e. The van der Waals surface area contributed by atoms with E-state index in [0.717, 1.165) is 5.92 Å². The van der Waals surface area contributed by atoms with Gasteiger partial charge in [0, 0.05) is 12.0 Å². The summed E-state index contributed by atoms with van der Waals surface area (Å²) < 4.78 is 0. The van der Waals surface area contributed by atoms with Gasteiger partial charge in [-0.25, -0.2) is 0 Å². The van der Waals surface area contributed by atoms with E-state index in [4.69, 9.17) is 0 Å². The Morgan fingerprint density at radius 2 is 2.14 bits per heavy atom. The molecule has 0 aromatic rings. The van der Waals surface area contributed by atoms with E-state index in [0.29, 0.717) is 6.04 Å². The summed E-state index contributed by atoms with van der Waals surface area (Å²) in [5.74, 6) is 0.733. The van der Waals surface area contributed by atoms with Gasteiger partial charge in [-0.05, 0) is 37.0 Å². The normalized spacial score (nSPS) is 33.7. The topological polar surface area (TPSA) is 12.0 Å². The van der Waals surface area contributed by atoms with Crippen LogP contribution in [0, 0.1) is 5.92 Å². The maximum atomic E-state index is 3.58. The molecule has 3 rings (SSSR count). The largest absolute Gasteiger partial charge is 0.310 e. The van der Waals surface area contributed by atoms with Crippen LogP contribution in [0.15, 0.2) is 35.5 Å². The third-order valence-corrected chi connectivity index (χ3v) is 3.47. The molecule has 1 nitrogen and oxygen atoms in total. The van der Waals surface area contributed by atoms with E-state index in [9.17, 15) is 0 Å². The fraction of sp³-hybridized carbons (Fsp3) is 0.500. The molecular formula is C12H16ClN. The molecule has 2 atom stereocenters. The van der Waals surface area contributed by atoms with Crippen molar-refractivity contribution in [2.24, 2.45) is 5.92 Å². The molecule has 2 unspecified atom stereocenters. The Kier molecular flexibility index (Phi) is 2.80. The van der Waals surface area contributed by atoms with Crippen molar-refractivity contribution in [3.63, 3.8) is 0 Å². The average molecular weight is 210 g/mol. The zero-order chi connectivity index (χ0) is 8.67. The number of hydrogen-bond donors (Lipinski definition) is 1. The lowest BCUT2D eigenvalue weighted by Gasteiger charge is -2.28. The number of rotatable bonds is 0. The van der Waals surface area contributed by atoms with Crippen molar-refractivity contribution in [3.8, 4) is 0 Å². The summed E-state index contributed by atoms with van der Waals surface area (Å²) in [5, 5.41) is 3.58. The zero-order valence-corrected chi connectivity index (χ0v) is 9.02. The molecule has 2 heteroatoms. The fourth-order valence-corrected chi connectivity index (χ4v) is 2.83. The minimum absolute atomic E-state index is 0. The standard InChI is InChI=1S/C12H15N.ClH/c1-2-4-10-9(3-1)5-6-12-11(10)7-8-13-12;/h1-4,9,12-13H,5-8H2;1H. The summed E-state index contributed by atoms with van der Waals surface area (Å²) in [5.41, 5.74) is 3.31. The van der Waals surface area contributed by atoms with Crippen LogP contribution in [0.5, 0.6) is 0 Å². The monoisotopic (exact) mass is 209 g/mol. The number of hydrogen-bond acceptors (Lipinski definition) is 1. The molecule has 0 radical (unpaired) electrons. The van der Waals surface area contributed by atoms with Crippen LogP contribution >= 0.6 is 12.4 Å². The lowest BCUT2D eigenvalue weighted by Crippen LogP contribution is -2.28. The van der Waals surface area contributed by atoms with Crippen molar-refractivity contribution in [2.45, 2.75) is 25.3 Å². The second-order valence-electron chi connectivity index (χ2n) is 4.17. The molecule has 1 fully saturated rings. The van der Waals surface area contributed by atoms with Gasteiger partial charge >= 0.3 is 0 Å². The van der Waals surface area contributed by atoms with Crippen LogP contribution in [-0.4, -0.2) is 12.6 Å². The Hall–Kier alpha value is -0.530. The molecule has 1 N–H and O–H groups in total. The highest BCUT2D eigenvalue weighted by Gasteiger charge is 2.30. The number of halogens is 1. The lowest BCUT2D eigenvalue weighted by atomic mass is 9.78. The number of fused-ring (bicyclic) bond motifs is 2. The molecule has 76 valence electrons. The molecule has 0 amide bonds. The molecule has 3 aliphatic rings. The van der Waals surface area contributed by atoms with Gasteiger partial charge in [0.05, 0.1) is 0 Å². The zero-order valence-electron chi connectivity index (χ0n) is 8.20. The van der Waals surface area contributed by atoms with Crippen molar-refractivity contribution >= 4 is 12.4 Å². The third kappa shape index (κ3) is 1.45. The first kappa shape index (κ1) is 10.0. The van der Waals surface area contributed by atoms with Crippen LogP contribution < -0.4 is 5.32 Å². The highest BCUT2D eigenvalue weighted by Crippen LogP contribution is 2.37. The predicted molar refractivity (Wildman–Crippen MR) is 61.7 cm³/mol. The van der Waals surface area contributed by atoms with Gasteiger partial charge in [0.25, 0.3) is 0 Å². The molecule has 0 aromatic heterocycles. The highest BCUT2D eigenvalue weighted by atomic mass is 35.5. The van der Waals surface area contributed by atoms with Gasteiger partial charge in [-0.15, -0.1) is 12.4 Å². The van der Waals surface area contributed by atoms with Crippen molar-refractivity contribution in [3.05, 3.63) is 35.5 Å². The average Bonchev–Trinajstić information content (AvgIpc) is 2.65.